The predicted octanol–water partition coefficient (Wildman–Crippen LogP) is 2.85. The number of carbonyl (C=O) groups excluding carboxylic acids is 1. The van der Waals surface area contributed by atoms with Crippen LogP contribution in [0.5, 0.6) is 0 Å². The Morgan fingerprint density at radius 3 is 2.67 bits per heavy atom. The maximum atomic E-state index is 12.2. The van der Waals surface area contributed by atoms with Crippen molar-refractivity contribution < 1.29 is 19.4 Å². The highest BCUT2D eigenvalue weighted by atomic mass is 16.5. The smallest absolute Gasteiger partial charge is 0.306 e. The molecule has 1 fully saturated rings. The van der Waals surface area contributed by atoms with Gasteiger partial charge in [0.2, 0.25) is 5.91 Å². The number of hydrogen-bond donors (Lipinski definition) is 2. The third kappa shape index (κ3) is 5.96. The summed E-state index contributed by atoms with van der Waals surface area (Å²) < 4.78 is 5.68. The summed E-state index contributed by atoms with van der Waals surface area (Å²) in [5, 5.41) is 12.0. The molecule has 132 valence electrons. The Morgan fingerprint density at radius 2 is 1.96 bits per heavy atom. The summed E-state index contributed by atoms with van der Waals surface area (Å²) in [5.74, 6) is -1.12. The molecule has 24 heavy (non-hydrogen) atoms. The van der Waals surface area contributed by atoms with Crippen LogP contribution in [-0.4, -0.2) is 30.1 Å². The first kappa shape index (κ1) is 18.5. The Morgan fingerprint density at radius 1 is 1.25 bits per heavy atom. The molecule has 1 aliphatic rings. The molecule has 0 saturated heterocycles. The minimum atomic E-state index is -0.782. The van der Waals surface area contributed by atoms with Gasteiger partial charge in [0.25, 0.3) is 0 Å². The van der Waals surface area contributed by atoms with E-state index in [1.807, 2.05) is 37.3 Å². The van der Waals surface area contributed by atoms with Crippen LogP contribution in [0.15, 0.2) is 30.3 Å². The summed E-state index contributed by atoms with van der Waals surface area (Å²) in [7, 11) is 0. The minimum Gasteiger partial charge on any atom is -0.481 e. The Balaban J connectivity index is 1.64. The predicted molar refractivity (Wildman–Crippen MR) is 91.4 cm³/mol. The fourth-order valence-corrected chi connectivity index (χ4v) is 3.08. The third-order valence-corrected chi connectivity index (χ3v) is 4.53. The van der Waals surface area contributed by atoms with Gasteiger partial charge in [0.1, 0.15) is 0 Å². The van der Waals surface area contributed by atoms with Gasteiger partial charge in [-0.1, -0.05) is 43.7 Å². The molecule has 1 aliphatic carbocycles. The van der Waals surface area contributed by atoms with E-state index in [9.17, 15) is 9.59 Å². The van der Waals surface area contributed by atoms with Crippen molar-refractivity contribution in [2.45, 2.75) is 39.2 Å². The summed E-state index contributed by atoms with van der Waals surface area (Å²) in [5.41, 5.74) is 1.13. The minimum absolute atomic E-state index is 0.0177. The average molecular weight is 333 g/mol. The van der Waals surface area contributed by atoms with Gasteiger partial charge in [0.15, 0.2) is 0 Å². The SMILES string of the molecule is CC(CNC(=O)C1CCCC(C(=O)O)C1)COCc1ccccc1. The number of ether oxygens (including phenoxy) is 1. The van der Waals surface area contributed by atoms with Crippen LogP contribution in [-0.2, 0) is 20.9 Å². The summed E-state index contributed by atoms with van der Waals surface area (Å²) in [6.45, 7) is 3.74. The third-order valence-electron chi connectivity index (χ3n) is 4.53. The van der Waals surface area contributed by atoms with E-state index in [2.05, 4.69) is 5.32 Å². The highest BCUT2D eigenvalue weighted by molar-refractivity contribution is 5.80. The van der Waals surface area contributed by atoms with E-state index >= 15 is 0 Å². The maximum Gasteiger partial charge on any atom is 0.306 e. The number of hydrogen-bond acceptors (Lipinski definition) is 3. The highest BCUT2D eigenvalue weighted by Gasteiger charge is 2.30. The van der Waals surface area contributed by atoms with E-state index in [4.69, 9.17) is 9.84 Å². The first-order chi connectivity index (χ1) is 11.6. The molecular formula is C19H27NO4. The van der Waals surface area contributed by atoms with Crippen LogP contribution in [0, 0.1) is 17.8 Å². The molecule has 0 aromatic heterocycles. The molecule has 1 saturated carbocycles. The molecule has 5 heteroatoms. The van der Waals surface area contributed by atoms with E-state index in [0.29, 0.717) is 32.6 Å². The zero-order valence-electron chi connectivity index (χ0n) is 14.2. The Hall–Kier alpha value is -1.88. The molecule has 2 rings (SSSR count). The number of carboxylic acid groups (broad SMARTS) is 1. The zero-order valence-corrected chi connectivity index (χ0v) is 14.2. The van der Waals surface area contributed by atoms with Crippen LogP contribution in [0.1, 0.15) is 38.2 Å². The zero-order chi connectivity index (χ0) is 17.4. The molecule has 3 atom stereocenters. The Bertz CT molecular complexity index is 531. The summed E-state index contributed by atoms with van der Waals surface area (Å²) in [4.78, 5) is 23.3. The standard InChI is InChI=1S/C19H27NO4/c1-14(12-24-13-15-6-3-2-4-7-15)11-20-18(21)16-8-5-9-17(10-16)19(22)23/h2-4,6-7,14,16-17H,5,8-13H2,1H3,(H,20,21)(H,22,23). The van der Waals surface area contributed by atoms with Crippen molar-refractivity contribution in [1.29, 1.82) is 0 Å². The molecular weight excluding hydrogens is 306 g/mol. The largest absolute Gasteiger partial charge is 0.481 e. The van der Waals surface area contributed by atoms with Crippen molar-refractivity contribution in [2.75, 3.05) is 13.2 Å². The summed E-state index contributed by atoms with van der Waals surface area (Å²) >= 11 is 0. The lowest BCUT2D eigenvalue weighted by Crippen LogP contribution is -2.38. The van der Waals surface area contributed by atoms with Gasteiger partial charge < -0.3 is 15.2 Å². The lowest BCUT2D eigenvalue weighted by Gasteiger charge is -2.26. The second-order valence-corrected chi connectivity index (χ2v) is 6.75. The molecule has 1 aromatic carbocycles. The molecule has 1 aromatic rings. The van der Waals surface area contributed by atoms with Crippen molar-refractivity contribution >= 4 is 11.9 Å². The number of aliphatic carboxylic acids is 1. The maximum absolute atomic E-state index is 12.2. The molecule has 0 aliphatic heterocycles. The number of nitrogens with one attached hydrogen (secondary N) is 1. The molecule has 0 bridgehead atoms. The molecule has 2 N–H and O–H groups in total. The summed E-state index contributed by atoms with van der Waals surface area (Å²) in [6, 6.07) is 9.98. The van der Waals surface area contributed by atoms with Gasteiger partial charge in [-0.2, -0.15) is 0 Å². The topological polar surface area (TPSA) is 75.6 Å². The first-order valence-electron chi connectivity index (χ1n) is 8.68. The van der Waals surface area contributed by atoms with E-state index in [-0.39, 0.29) is 23.7 Å². The number of carboxylic acids is 1. The lowest BCUT2D eigenvalue weighted by molar-refractivity contribution is -0.144. The monoisotopic (exact) mass is 333 g/mol. The Labute approximate surface area is 143 Å². The Kier molecular flexibility index (Phi) is 7.25. The second-order valence-electron chi connectivity index (χ2n) is 6.75. The van der Waals surface area contributed by atoms with Crippen LogP contribution >= 0.6 is 0 Å². The van der Waals surface area contributed by atoms with Gasteiger partial charge >= 0.3 is 5.97 Å². The molecule has 0 spiro atoms. The van der Waals surface area contributed by atoms with E-state index in [0.717, 1.165) is 18.4 Å². The molecule has 0 radical (unpaired) electrons. The van der Waals surface area contributed by atoms with Crippen molar-refractivity contribution in [3.63, 3.8) is 0 Å². The van der Waals surface area contributed by atoms with Crippen LogP contribution in [0.4, 0.5) is 0 Å². The van der Waals surface area contributed by atoms with E-state index in [1.165, 1.54) is 0 Å². The van der Waals surface area contributed by atoms with Crippen molar-refractivity contribution in [3.05, 3.63) is 35.9 Å². The molecule has 5 nitrogen and oxygen atoms in total. The van der Waals surface area contributed by atoms with Crippen LogP contribution in [0.2, 0.25) is 0 Å². The number of amides is 1. The second kappa shape index (κ2) is 9.42. The fourth-order valence-electron chi connectivity index (χ4n) is 3.08. The number of rotatable bonds is 8. The number of benzene rings is 1. The van der Waals surface area contributed by atoms with Crippen LogP contribution < -0.4 is 5.32 Å². The van der Waals surface area contributed by atoms with Gasteiger partial charge in [0.05, 0.1) is 19.1 Å². The average Bonchev–Trinajstić information content (AvgIpc) is 2.60. The van der Waals surface area contributed by atoms with E-state index in [1.54, 1.807) is 0 Å². The quantitative estimate of drug-likeness (QED) is 0.767. The van der Waals surface area contributed by atoms with Gasteiger partial charge in [-0.15, -0.1) is 0 Å². The van der Waals surface area contributed by atoms with Gasteiger partial charge in [-0.3, -0.25) is 9.59 Å². The normalized spacial score (nSPS) is 21.9. The molecule has 3 unspecified atom stereocenters. The van der Waals surface area contributed by atoms with Gasteiger partial charge in [-0.25, -0.2) is 0 Å². The number of carbonyl (C=O) groups is 2. The van der Waals surface area contributed by atoms with Gasteiger partial charge in [-0.05, 0) is 30.7 Å². The van der Waals surface area contributed by atoms with Crippen molar-refractivity contribution in [1.82, 2.24) is 5.32 Å². The first-order valence-corrected chi connectivity index (χ1v) is 8.68. The summed E-state index contributed by atoms with van der Waals surface area (Å²) in [6.07, 6.45) is 2.74. The lowest BCUT2D eigenvalue weighted by atomic mass is 9.81. The fraction of sp³-hybridized carbons (Fsp3) is 0.579. The highest BCUT2D eigenvalue weighted by Crippen LogP contribution is 2.29. The van der Waals surface area contributed by atoms with Crippen LogP contribution in [0.3, 0.4) is 0 Å². The van der Waals surface area contributed by atoms with Crippen molar-refractivity contribution in [3.8, 4) is 0 Å². The van der Waals surface area contributed by atoms with E-state index < -0.39 is 5.97 Å². The molecule has 0 heterocycles. The molecule has 1 amide bonds. The van der Waals surface area contributed by atoms with Crippen molar-refractivity contribution in [2.24, 2.45) is 17.8 Å². The van der Waals surface area contributed by atoms with Gasteiger partial charge in [0, 0.05) is 12.5 Å². The van der Waals surface area contributed by atoms with Crippen LogP contribution in [0.25, 0.3) is 0 Å².